The molecule has 2 saturated heterocycles. The molecule has 0 unspecified atom stereocenters. The highest BCUT2D eigenvalue weighted by Crippen LogP contribution is 2.28. The molecule has 0 bridgehead atoms. The summed E-state index contributed by atoms with van der Waals surface area (Å²) < 4.78 is 0. The molecular formula is C22H26N4O2. The van der Waals surface area contributed by atoms with Crippen molar-refractivity contribution in [1.82, 2.24) is 20.1 Å². The molecule has 28 heavy (non-hydrogen) atoms. The number of amides is 2. The average molecular weight is 378 g/mol. The molecule has 0 spiro atoms. The van der Waals surface area contributed by atoms with Crippen LogP contribution in [0.4, 0.5) is 0 Å². The molecule has 1 atom stereocenters. The van der Waals surface area contributed by atoms with Crippen molar-refractivity contribution in [3.63, 3.8) is 0 Å². The maximum atomic E-state index is 12.8. The molecule has 0 aliphatic carbocycles. The Labute approximate surface area is 165 Å². The van der Waals surface area contributed by atoms with Crippen LogP contribution in [0.3, 0.4) is 0 Å². The van der Waals surface area contributed by atoms with Crippen LogP contribution in [-0.2, 0) is 16.1 Å². The van der Waals surface area contributed by atoms with Crippen LogP contribution in [0, 0.1) is 6.92 Å². The topological polar surface area (TPSA) is 65.5 Å². The lowest BCUT2D eigenvalue weighted by atomic mass is 9.91. The van der Waals surface area contributed by atoms with Gasteiger partial charge in [0.2, 0.25) is 11.8 Å². The Hall–Kier alpha value is -2.73. The largest absolute Gasteiger partial charge is 0.353 e. The van der Waals surface area contributed by atoms with Crippen LogP contribution in [0.5, 0.6) is 0 Å². The molecule has 1 N–H and O–H groups in total. The molecule has 1 aromatic carbocycles. The zero-order chi connectivity index (χ0) is 19.5. The number of nitrogens with one attached hydrogen (secondary N) is 1. The van der Waals surface area contributed by atoms with Crippen molar-refractivity contribution < 1.29 is 9.59 Å². The first-order valence-corrected chi connectivity index (χ1v) is 9.86. The second-order valence-corrected chi connectivity index (χ2v) is 7.68. The van der Waals surface area contributed by atoms with E-state index in [0.29, 0.717) is 19.0 Å². The maximum absolute atomic E-state index is 12.8. The van der Waals surface area contributed by atoms with E-state index in [1.807, 2.05) is 29.2 Å². The smallest absolute Gasteiger partial charge is 0.237 e. The summed E-state index contributed by atoms with van der Waals surface area (Å²) in [5.74, 6) is 0.386. The van der Waals surface area contributed by atoms with Gasteiger partial charge in [-0.05, 0) is 35.7 Å². The third-order valence-electron chi connectivity index (χ3n) is 5.86. The molecule has 0 radical (unpaired) electrons. The molecule has 6 nitrogen and oxygen atoms in total. The lowest BCUT2D eigenvalue weighted by Gasteiger charge is -2.41. The summed E-state index contributed by atoms with van der Waals surface area (Å²) in [5, 5.41) is 2.92. The lowest BCUT2D eigenvalue weighted by Crippen LogP contribution is -2.57. The van der Waals surface area contributed by atoms with Gasteiger partial charge in [0, 0.05) is 51.0 Å². The van der Waals surface area contributed by atoms with Crippen LogP contribution >= 0.6 is 0 Å². The number of hydrogen-bond acceptors (Lipinski definition) is 4. The predicted molar refractivity (Wildman–Crippen MR) is 107 cm³/mol. The van der Waals surface area contributed by atoms with E-state index < -0.39 is 6.04 Å². The third kappa shape index (κ3) is 3.92. The predicted octanol–water partition coefficient (Wildman–Crippen LogP) is 1.71. The number of rotatable bonds is 5. The molecule has 146 valence electrons. The van der Waals surface area contributed by atoms with Crippen molar-refractivity contribution in [2.24, 2.45) is 0 Å². The van der Waals surface area contributed by atoms with Crippen molar-refractivity contribution in [3.8, 4) is 0 Å². The Morgan fingerprint density at radius 3 is 2.68 bits per heavy atom. The highest BCUT2D eigenvalue weighted by molar-refractivity contribution is 5.89. The van der Waals surface area contributed by atoms with Gasteiger partial charge in [0.15, 0.2) is 0 Å². The van der Waals surface area contributed by atoms with E-state index in [2.05, 4.69) is 34.3 Å². The summed E-state index contributed by atoms with van der Waals surface area (Å²) in [6, 6.07) is 11.8. The lowest BCUT2D eigenvalue weighted by molar-refractivity contribution is -0.142. The van der Waals surface area contributed by atoms with Gasteiger partial charge in [0.05, 0.1) is 12.5 Å². The average Bonchev–Trinajstić information content (AvgIpc) is 2.66. The first kappa shape index (κ1) is 18.6. The quantitative estimate of drug-likeness (QED) is 0.860. The number of carbonyl (C=O) groups excluding carboxylic acids is 2. The number of benzene rings is 1. The first-order chi connectivity index (χ1) is 13.6. The Kier molecular flexibility index (Phi) is 5.39. The Bertz CT molecular complexity index is 849. The monoisotopic (exact) mass is 378 g/mol. The number of aromatic nitrogens is 1. The van der Waals surface area contributed by atoms with E-state index in [9.17, 15) is 9.59 Å². The molecule has 2 aromatic rings. The summed E-state index contributed by atoms with van der Waals surface area (Å²) in [6.45, 7) is 5.60. The van der Waals surface area contributed by atoms with Crippen LogP contribution in [0.25, 0.3) is 0 Å². The molecule has 4 rings (SSSR count). The molecule has 3 heterocycles. The first-order valence-electron chi connectivity index (χ1n) is 9.86. The van der Waals surface area contributed by atoms with E-state index in [0.717, 1.165) is 19.6 Å². The van der Waals surface area contributed by atoms with E-state index >= 15 is 0 Å². The van der Waals surface area contributed by atoms with Gasteiger partial charge < -0.3 is 10.2 Å². The Morgan fingerprint density at radius 1 is 1.18 bits per heavy atom. The van der Waals surface area contributed by atoms with E-state index in [-0.39, 0.29) is 18.2 Å². The minimum atomic E-state index is -0.402. The van der Waals surface area contributed by atoms with Crippen molar-refractivity contribution in [2.75, 3.05) is 26.2 Å². The van der Waals surface area contributed by atoms with Crippen molar-refractivity contribution in [1.29, 1.82) is 0 Å². The van der Waals surface area contributed by atoms with E-state index in [4.69, 9.17) is 0 Å². The van der Waals surface area contributed by atoms with Gasteiger partial charge in [-0.15, -0.1) is 0 Å². The number of nitrogens with zero attached hydrogens (tertiary/aromatic N) is 3. The SMILES string of the molecule is Cc1ccccc1CN1CCNC(=O)[C@@H]1CC(=O)N1CC(c2ccncc2)C1. The van der Waals surface area contributed by atoms with Crippen molar-refractivity contribution in [2.45, 2.75) is 31.8 Å². The molecule has 2 aliphatic heterocycles. The molecule has 2 amide bonds. The second kappa shape index (κ2) is 8.10. The highest BCUT2D eigenvalue weighted by Gasteiger charge is 2.37. The highest BCUT2D eigenvalue weighted by atomic mass is 16.2. The second-order valence-electron chi connectivity index (χ2n) is 7.68. The zero-order valence-corrected chi connectivity index (χ0v) is 16.2. The van der Waals surface area contributed by atoms with Gasteiger partial charge in [-0.3, -0.25) is 19.5 Å². The van der Waals surface area contributed by atoms with E-state index in [1.54, 1.807) is 12.4 Å². The summed E-state index contributed by atoms with van der Waals surface area (Å²) in [4.78, 5) is 33.3. The van der Waals surface area contributed by atoms with Crippen LogP contribution in [0.2, 0.25) is 0 Å². The molecule has 6 heteroatoms. The molecule has 1 aromatic heterocycles. The summed E-state index contributed by atoms with van der Waals surface area (Å²) in [5.41, 5.74) is 3.63. The molecule has 2 fully saturated rings. The normalized spacial score (nSPS) is 20.5. The van der Waals surface area contributed by atoms with E-state index in [1.165, 1.54) is 16.7 Å². The summed E-state index contributed by atoms with van der Waals surface area (Å²) in [7, 11) is 0. The Balaban J connectivity index is 1.38. The number of aryl methyl sites for hydroxylation is 1. The third-order valence-corrected chi connectivity index (χ3v) is 5.86. The van der Waals surface area contributed by atoms with Crippen LogP contribution in [-0.4, -0.2) is 58.8 Å². The standard InChI is InChI=1S/C22H26N4O2/c1-16-4-2-3-5-18(16)13-25-11-10-24-22(28)20(25)12-21(27)26-14-19(15-26)17-6-8-23-9-7-17/h2-9,19-20H,10-15H2,1H3,(H,24,28)/t20-/m0/s1. The summed E-state index contributed by atoms with van der Waals surface area (Å²) >= 11 is 0. The fourth-order valence-corrected chi connectivity index (χ4v) is 4.00. The molecule has 0 saturated carbocycles. The zero-order valence-electron chi connectivity index (χ0n) is 16.2. The van der Waals surface area contributed by atoms with Gasteiger partial charge in [-0.25, -0.2) is 0 Å². The number of likely N-dealkylation sites (tertiary alicyclic amines) is 1. The number of piperazine rings is 1. The minimum Gasteiger partial charge on any atom is -0.353 e. The maximum Gasteiger partial charge on any atom is 0.237 e. The van der Waals surface area contributed by atoms with Gasteiger partial charge in [-0.1, -0.05) is 24.3 Å². The molecule has 2 aliphatic rings. The number of pyridine rings is 1. The summed E-state index contributed by atoms with van der Waals surface area (Å²) in [6.07, 6.45) is 3.81. The molecular weight excluding hydrogens is 352 g/mol. The Morgan fingerprint density at radius 2 is 1.93 bits per heavy atom. The van der Waals surface area contributed by atoms with Gasteiger partial charge in [0.25, 0.3) is 0 Å². The van der Waals surface area contributed by atoms with Crippen molar-refractivity contribution >= 4 is 11.8 Å². The number of carbonyl (C=O) groups is 2. The van der Waals surface area contributed by atoms with Crippen molar-refractivity contribution in [3.05, 3.63) is 65.5 Å². The minimum absolute atomic E-state index is 0.0422. The van der Waals surface area contributed by atoms with Crippen LogP contribution in [0.1, 0.15) is 29.0 Å². The fraction of sp³-hybridized carbons (Fsp3) is 0.409. The van der Waals surface area contributed by atoms with Crippen LogP contribution < -0.4 is 5.32 Å². The van der Waals surface area contributed by atoms with Gasteiger partial charge in [0.1, 0.15) is 0 Å². The van der Waals surface area contributed by atoms with Gasteiger partial charge in [-0.2, -0.15) is 0 Å². The number of hydrogen-bond donors (Lipinski definition) is 1. The fourth-order valence-electron chi connectivity index (χ4n) is 4.00. The van der Waals surface area contributed by atoms with Crippen LogP contribution in [0.15, 0.2) is 48.8 Å². The van der Waals surface area contributed by atoms with Gasteiger partial charge >= 0.3 is 0 Å².